The number of carbonyl (C=O) groups is 1. The minimum Gasteiger partial charge on any atom is -0.435 e. The maximum absolute atomic E-state index is 12.2. The van der Waals surface area contributed by atoms with Crippen molar-refractivity contribution in [3.63, 3.8) is 0 Å². The Morgan fingerprint density at radius 1 is 1.42 bits per heavy atom. The maximum atomic E-state index is 12.2. The van der Waals surface area contributed by atoms with Crippen LogP contribution in [0.5, 0.6) is 5.75 Å². The Kier molecular flexibility index (Phi) is 3.83. The highest BCUT2D eigenvalue weighted by atomic mass is 19.3. The van der Waals surface area contributed by atoms with Crippen molar-refractivity contribution in [1.29, 1.82) is 0 Å². The predicted octanol–water partition coefficient (Wildman–Crippen LogP) is 2.83. The third kappa shape index (κ3) is 2.75. The van der Waals surface area contributed by atoms with Crippen LogP contribution in [0.2, 0.25) is 0 Å². The van der Waals surface area contributed by atoms with Crippen molar-refractivity contribution >= 4 is 11.4 Å². The molecule has 1 aromatic carbocycles. The molecule has 0 radical (unpaired) electrons. The summed E-state index contributed by atoms with van der Waals surface area (Å²) >= 11 is 0. The Labute approximate surface area is 110 Å². The molecule has 1 unspecified atom stereocenters. The lowest BCUT2D eigenvalue weighted by Gasteiger charge is -2.09. The third-order valence-corrected chi connectivity index (χ3v) is 3.16. The normalized spacial score (nSPS) is 19.2. The number of hydrogen-bond donors (Lipinski definition) is 1. The number of Topliss-reactive ketones (excluding diaryl/α,β-unsaturated/α-hetero) is 1. The van der Waals surface area contributed by atoms with Gasteiger partial charge in [-0.2, -0.15) is 8.78 Å². The lowest BCUT2D eigenvalue weighted by atomic mass is 10.0. The van der Waals surface area contributed by atoms with Gasteiger partial charge >= 0.3 is 6.61 Å². The van der Waals surface area contributed by atoms with Crippen molar-refractivity contribution in [2.75, 3.05) is 7.05 Å². The highest BCUT2D eigenvalue weighted by Gasteiger charge is 2.30. The van der Waals surface area contributed by atoms with E-state index < -0.39 is 6.61 Å². The summed E-state index contributed by atoms with van der Waals surface area (Å²) in [5.74, 6) is -0.00141. The molecule has 5 heteroatoms. The Morgan fingerprint density at radius 3 is 2.79 bits per heavy atom. The molecular formula is C14H15F2NO2. The number of benzene rings is 1. The second kappa shape index (κ2) is 5.38. The van der Waals surface area contributed by atoms with Gasteiger partial charge in [-0.1, -0.05) is 19.1 Å². The molecule has 0 aromatic heterocycles. The summed E-state index contributed by atoms with van der Waals surface area (Å²) in [7, 11) is 1.75. The number of ether oxygens (including phenoxy) is 1. The molecule has 1 N–H and O–H groups in total. The van der Waals surface area contributed by atoms with Gasteiger partial charge in [0, 0.05) is 24.2 Å². The summed E-state index contributed by atoms with van der Waals surface area (Å²) in [6.07, 6.45) is 0.643. The van der Waals surface area contributed by atoms with E-state index in [0.717, 1.165) is 5.70 Å². The topological polar surface area (TPSA) is 38.3 Å². The van der Waals surface area contributed by atoms with Gasteiger partial charge in [-0.3, -0.25) is 4.79 Å². The van der Waals surface area contributed by atoms with Crippen molar-refractivity contribution in [2.45, 2.75) is 20.0 Å². The molecule has 0 spiro atoms. The average Bonchev–Trinajstić information content (AvgIpc) is 2.65. The molecule has 102 valence electrons. The molecule has 1 aromatic rings. The first-order valence-electron chi connectivity index (χ1n) is 6.03. The van der Waals surface area contributed by atoms with E-state index in [-0.39, 0.29) is 17.5 Å². The molecule has 0 heterocycles. The van der Waals surface area contributed by atoms with E-state index in [4.69, 9.17) is 0 Å². The highest BCUT2D eigenvalue weighted by Crippen LogP contribution is 2.34. The van der Waals surface area contributed by atoms with Crippen LogP contribution in [0.4, 0.5) is 8.78 Å². The first kappa shape index (κ1) is 13.5. The molecule has 0 fully saturated rings. The van der Waals surface area contributed by atoms with Gasteiger partial charge in [-0.15, -0.1) is 0 Å². The summed E-state index contributed by atoms with van der Waals surface area (Å²) < 4.78 is 28.8. The van der Waals surface area contributed by atoms with Crippen molar-refractivity contribution in [2.24, 2.45) is 5.92 Å². The predicted molar refractivity (Wildman–Crippen MR) is 67.8 cm³/mol. The minimum absolute atomic E-state index is 0.0264. The Hall–Kier alpha value is -1.91. The van der Waals surface area contributed by atoms with Gasteiger partial charge in [0.25, 0.3) is 0 Å². The van der Waals surface area contributed by atoms with Gasteiger partial charge < -0.3 is 10.1 Å². The minimum atomic E-state index is -2.87. The smallest absolute Gasteiger partial charge is 0.387 e. The molecule has 0 bridgehead atoms. The zero-order valence-electron chi connectivity index (χ0n) is 10.7. The lowest BCUT2D eigenvalue weighted by molar-refractivity contribution is -0.116. The second-order valence-electron chi connectivity index (χ2n) is 4.48. The van der Waals surface area contributed by atoms with E-state index in [9.17, 15) is 13.6 Å². The van der Waals surface area contributed by atoms with Gasteiger partial charge in [0.05, 0.1) is 0 Å². The van der Waals surface area contributed by atoms with Gasteiger partial charge in [-0.05, 0) is 24.1 Å². The molecule has 2 rings (SSSR count). The molecule has 0 saturated carbocycles. The van der Waals surface area contributed by atoms with E-state index in [2.05, 4.69) is 10.1 Å². The van der Waals surface area contributed by atoms with Crippen LogP contribution in [0.15, 0.2) is 30.0 Å². The van der Waals surface area contributed by atoms with Crippen LogP contribution in [-0.2, 0) is 4.79 Å². The molecule has 3 nitrogen and oxygen atoms in total. The number of alkyl halides is 2. The summed E-state index contributed by atoms with van der Waals surface area (Å²) in [5.41, 5.74) is 2.01. The molecule has 19 heavy (non-hydrogen) atoms. The Balaban J connectivity index is 2.38. The van der Waals surface area contributed by atoms with Crippen LogP contribution < -0.4 is 10.1 Å². The van der Waals surface area contributed by atoms with E-state index in [0.29, 0.717) is 17.6 Å². The molecule has 1 atom stereocenters. The van der Waals surface area contributed by atoms with E-state index >= 15 is 0 Å². The van der Waals surface area contributed by atoms with Crippen LogP contribution in [0.3, 0.4) is 0 Å². The summed E-state index contributed by atoms with van der Waals surface area (Å²) in [5, 5.41) is 3.00. The van der Waals surface area contributed by atoms with Crippen LogP contribution in [0.25, 0.3) is 5.57 Å². The first-order valence-corrected chi connectivity index (χ1v) is 6.03. The molecule has 0 amide bonds. The summed E-state index contributed by atoms with van der Waals surface area (Å²) in [4.78, 5) is 12.1. The summed E-state index contributed by atoms with van der Waals surface area (Å²) in [6, 6.07) is 6.23. The molecule has 1 aliphatic carbocycles. The third-order valence-electron chi connectivity index (χ3n) is 3.16. The molecule has 0 saturated heterocycles. The number of nitrogens with one attached hydrogen (secondary N) is 1. The maximum Gasteiger partial charge on any atom is 0.387 e. The standard InChI is InChI=1S/C14H15F2NO2/c1-8-6-11(17-2)12(13(8)18)9-4-3-5-10(7-9)19-14(15)16/h3-5,7-8,14,17H,6H2,1-2H3. The fourth-order valence-electron chi connectivity index (χ4n) is 2.27. The van der Waals surface area contributed by atoms with Crippen LogP contribution in [0, 0.1) is 5.92 Å². The van der Waals surface area contributed by atoms with Crippen molar-refractivity contribution in [1.82, 2.24) is 5.32 Å². The zero-order chi connectivity index (χ0) is 14.0. The van der Waals surface area contributed by atoms with Gasteiger partial charge in [-0.25, -0.2) is 0 Å². The van der Waals surface area contributed by atoms with Crippen LogP contribution >= 0.6 is 0 Å². The largest absolute Gasteiger partial charge is 0.435 e. The Bertz CT molecular complexity index is 526. The SMILES string of the molecule is CNC1=C(c2cccc(OC(F)F)c2)C(=O)C(C)C1. The van der Waals surface area contributed by atoms with Gasteiger partial charge in [0.15, 0.2) is 5.78 Å². The summed E-state index contributed by atoms with van der Waals surface area (Å²) in [6.45, 7) is -1.02. The highest BCUT2D eigenvalue weighted by molar-refractivity contribution is 6.24. The number of carbonyl (C=O) groups excluding carboxylic acids is 1. The Morgan fingerprint density at radius 2 is 2.16 bits per heavy atom. The fourth-order valence-corrected chi connectivity index (χ4v) is 2.27. The second-order valence-corrected chi connectivity index (χ2v) is 4.48. The van der Waals surface area contributed by atoms with Crippen LogP contribution in [0.1, 0.15) is 18.9 Å². The first-order chi connectivity index (χ1) is 9.02. The van der Waals surface area contributed by atoms with E-state index in [1.807, 2.05) is 6.92 Å². The van der Waals surface area contributed by atoms with Crippen molar-refractivity contribution in [3.05, 3.63) is 35.5 Å². The monoisotopic (exact) mass is 267 g/mol. The molecule has 1 aliphatic rings. The van der Waals surface area contributed by atoms with E-state index in [1.165, 1.54) is 12.1 Å². The molecular weight excluding hydrogens is 252 g/mol. The van der Waals surface area contributed by atoms with Crippen LogP contribution in [-0.4, -0.2) is 19.4 Å². The number of hydrogen-bond acceptors (Lipinski definition) is 3. The number of rotatable bonds is 4. The quantitative estimate of drug-likeness (QED) is 0.911. The lowest BCUT2D eigenvalue weighted by Crippen LogP contribution is -2.07. The van der Waals surface area contributed by atoms with Gasteiger partial charge in [0.1, 0.15) is 5.75 Å². The van der Waals surface area contributed by atoms with Gasteiger partial charge in [0.2, 0.25) is 0 Å². The number of ketones is 1. The van der Waals surface area contributed by atoms with E-state index in [1.54, 1.807) is 19.2 Å². The fraction of sp³-hybridized carbons (Fsp3) is 0.357. The zero-order valence-corrected chi connectivity index (χ0v) is 10.7. The van der Waals surface area contributed by atoms with Crippen molar-refractivity contribution in [3.8, 4) is 5.75 Å². The number of halogens is 2. The molecule has 0 aliphatic heterocycles. The number of allylic oxidation sites excluding steroid dienone is 2. The average molecular weight is 267 g/mol. The van der Waals surface area contributed by atoms with Crippen molar-refractivity contribution < 1.29 is 18.3 Å².